The Balaban J connectivity index is 2.12. The molecular formula is C14H19NO4. The van der Waals surface area contributed by atoms with E-state index in [1.807, 2.05) is 0 Å². The molecule has 19 heavy (non-hydrogen) atoms. The van der Waals surface area contributed by atoms with Crippen LogP contribution in [-0.4, -0.2) is 23.7 Å². The Hall–Kier alpha value is -1.36. The van der Waals surface area contributed by atoms with Gasteiger partial charge in [0.25, 0.3) is 0 Å². The molecule has 3 atom stereocenters. The van der Waals surface area contributed by atoms with Crippen LogP contribution in [0.3, 0.4) is 0 Å². The monoisotopic (exact) mass is 265 g/mol. The van der Waals surface area contributed by atoms with Gasteiger partial charge >= 0.3 is 5.76 Å². The van der Waals surface area contributed by atoms with Gasteiger partial charge in [-0.05, 0) is 30.6 Å². The van der Waals surface area contributed by atoms with E-state index < -0.39 is 11.2 Å². The zero-order valence-corrected chi connectivity index (χ0v) is 11.5. The molecule has 0 N–H and O–H groups in total. The number of hydrogen-bond acceptors (Lipinski definition) is 4. The Kier molecular flexibility index (Phi) is 2.55. The van der Waals surface area contributed by atoms with E-state index in [1.54, 1.807) is 7.11 Å². The molecule has 0 amide bonds. The molecule has 1 aromatic rings. The van der Waals surface area contributed by atoms with E-state index in [-0.39, 0.29) is 17.4 Å². The lowest BCUT2D eigenvalue weighted by Gasteiger charge is -2.39. The van der Waals surface area contributed by atoms with E-state index >= 15 is 0 Å². The Morgan fingerprint density at radius 2 is 2.26 bits per heavy atom. The lowest BCUT2D eigenvalue weighted by molar-refractivity contribution is -0.0232. The Labute approximate surface area is 111 Å². The second-order valence-corrected chi connectivity index (χ2v) is 6.23. The van der Waals surface area contributed by atoms with Crippen molar-refractivity contribution < 1.29 is 13.9 Å². The molecule has 5 nitrogen and oxygen atoms in total. The number of aromatic nitrogens is 1. The highest BCUT2D eigenvalue weighted by molar-refractivity contribution is 5.87. The number of hydrogen-bond donors (Lipinski definition) is 0. The van der Waals surface area contributed by atoms with Gasteiger partial charge in [-0.25, -0.2) is 9.36 Å². The Morgan fingerprint density at radius 1 is 1.53 bits per heavy atom. The maximum absolute atomic E-state index is 12.9. The summed E-state index contributed by atoms with van der Waals surface area (Å²) in [5, 5.41) is 0. The number of rotatable bonds is 2. The summed E-state index contributed by atoms with van der Waals surface area (Å²) in [5.74, 6) is -0.313. The first-order valence-electron chi connectivity index (χ1n) is 6.69. The number of nitrogens with zero attached hydrogens (tertiary/aromatic N) is 1. The third kappa shape index (κ3) is 1.34. The molecular weight excluding hydrogens is 246 g/mol. The fraction of sp³-hybridized carbons (Fsp3) is 0.714. The molecule has 2 aliphatic rings. The third-order valence-electron chi connectivity index (χ3n) is 5.57. The van der Waals surface area contributed by atoms with Crippen molar-refractivity contribution in [1.82, 2.24) is 4.57 Å². The average Bonchev–Trinajstić information content (AvgIpc) is 2.98. The summed E-state index contributed by atoms with van der Waals surface area (Å²) in [6, 6.07) is 0. The Morgan fingerprint density at radius 3 is 2.79 bits per heavy atom. The molecule has 0 aliphatic heterocycles. The van der Waals surface area contributed by atoms with Crippen LogP contribution in [0.1, 0.15) is 37.9 Å². The fourth-order valence-corrected chi connectivity index (χ4v) is 4.35. The highest BCUT2D eigenvalue weighted by atomic mass is 16.5. The van der Waals surface area contributed by atoms with Crippen LogP contribution >= 0.6 is 0 Å². The van der Waals surface area contributed by atoms with E-state index in [9.17, 15) is 9.59 Å². The predicted octanol–water partition coefficient (Wildman–Crippen LogP) is 1.92. The van der Waals surface area contributed by atoms with Gasteiger partial charge in [-0.15, -0.1) is 0 Å². The van der Waals surface area contributed by atoms with Crippen molar-refractivity contribution in [3.8, 4) is 0 Å². The van der Waals surface area contributed by atoms with E-state index in [0.717, 1.165) is 23.8 Å². The zero-order valence-electron chi connectivity index (χ0n) is 11.5. The quantitative estimate of drug-likeness (QED) is 0.819. The minimum atomic E-state index is -0.611. The molecule has 1 heterocycles. The Bertz CT molecular complexity index is 570. The smallest absolute Gasteiger partial charge is 0.416 e. The second kappa shape index (κ2) is 3.82. The highest BCUT2D eigenvalue weighted by Gasteiger charge is 2.68. The molecule has 0 radical (unpaired) electrons. The van der Waals surface area contributed by atoms with Crippen molar-refractivity contribution in [1.29, 1.82) is 0 Å². The zero-order chi connectivity index (χ0) is 13.8. The molecule has 0 aromatic carbocycles. The van der Waals surface area contributed by atoms with Crippen LogP contribution in [0.2, 0.25) is 0 Å². The van der Waals surface area contributed by atoms with Crippen LogP contribution in [0.25, 0.3) is 0 Å². The molecule has 1 aromatic heterocycles. The summed E-state index contributed by atoms with van der Waals surface area (Å²) < 4.78 is 11.4. The lowest BCUT2D eigenvalue weighted by Crippen LogP contribution is -2.50. The van der Waals surface area contributed by atoms with Gasteiger partial charge in [-0.2, -0.15) is 0 Å². The summed E-state index contributed by atoms with van der Waals surface area (Å²) in [6.07, 6.45) is 5.24. The summed E-state index contributed by atoms with van der Waals surface area (Å²) in [6.45, 7) is 4.24. The van der Waals surface area contributed by atoms with E-state index in [1.165, 1.54) is 12.5 Å². The first kappa shape index (κ1) is 12.7. The van der Waals surface area contributed by atoms with Gasteiger partial charge in [-0.1, -0.05) is 13.8 Å². The van der Waals surface area contributed by atoms with Gasteiger partial charge in [0.2, 0.25) is 5.91 Å². The number of ether oxygens (including phenoxy) is 1. The van der Waals surface area contributed by atoms with Crippen LogP contribution in [0.5, 0.6) is 0 Å². The summed E-state index contributed by atoms with van der Waals surface area (Å²) in [7, 11) is 1.65. The van der Waals surface area contributed by atoms with Crippen molar-refractivity contribution in [3.05, 3.63) is 23.0 Å². The van der Waals surface area contributed by atoms with E-state index in [2.05, 4.69) is 13.8 Å². The van der Waals surface area contributed by atoms with Gasteiger partial charge in [0.05, 0.1) is 17.7 Å². The average molecular weight is 265 g/mol. The van der Waals surface area contributed by atoms with Gasteiger partial charge in [0, 0.05) is 7.11 Å². The molecule has 104 valence electrons. The minimum Gasteiger partial charge on any atom is -0.416 e. The van der Waals surface area contributed by atoms with E-state index in [4.69, 9.17) is 9.15 Å². The van der Waals surface area contributed by atoms with Gasteiger partial charge in [0.1, 0.15) is 6.26 Å². The molecule has 0 saturated heterocycles. The first-order valence-corrected chi connectivity index (χ1v) is 6.69. The van der Waals surface area contributed by atoms with Crippen molar-refractivity contribution in [2.45, 2.75) is 39.2 Å². The summed E-state index contributed by atoms with van der Waals surface area (Å²) >= 11 is 0. The van der Waals surface area contributed by atoms with Crippen molar-refractivity contribution in [2.75, 3.05) is 7.11 Å². The molecule has 5 heteroatoms. The third-order valence-corrected chi connectivity index (χ3v) is 5.57. The molecule has 2 fully saturated rings. The van der Waals surface area contributed by atoms with Crippen molar-refractivity contribution in [3.63, 3.8) is 0 Å². The van der Waals surface area contributed by atoms with Crippen molar-refractivity contribution >= 4 is 5.91 Å². The van der Waals surface area contributed by atoms with Crippen LogP contribution < -0.4 is 5.76 Å². The van der Waals surface area contributed by atoms with Crippen molar-refractivity contribution in [2.24, 2.45) is 16.7 Å². The van der Waals surface area contributed by atoms with Gasteiger partial charge < -0.3 is 9.15 Å². The largest absolute Gasteiger partial charge is 0.425 e. The summed E-state index contributed by atoms with van der Waals surface area (Å²) in [5.41, 5.74) is -0.762. The fourth-order valence-electron chi connectivity index (χ4n) is 4.35. The molecule has 2 aliphatic carbocycles. The number of carbonyl (C=O) groups excluding carboxylic acids is 1. The molecule has 2 bridgehead atoms. The number of oxazole rings is 1. The normalized spacial score (nSPS) is 35.7. The SMILES string of the molecule is CO[C@@H]1C[C@H]2CC[C@]1(C(=O)n1ccoc1=O)C2(C)C. The number of fused-ring (bicyclic) bond motifs is 2. The van der Waals surface area contributed by atoms with Gasteiger partial charge in [-0.3, -0.25) is 4.79 Å². The standard InChI is InChI=1S/C14H19NO4/c1-13(2)9-4-5-14(13,10(8-9)18-3)11(16)15-6-7-19-12(15)17/h6-7,9-10H,4-5,8H2,1-3H3/t9-,10-,14+/m1/s1. The number of methoxy groups -OCH3 is 1. The van der Waals surface area contributed by atoms with Crippen LogP contribution in [-0.2, 0) is 4.74 Å². The maximum atomic E-state index is 12.9. The van der Waals surface area contributed by atoms with E-state index in [0.29, 0.717) is 5.92 Å². The first-order chi connectivity index (χ1) is 8.95. The second-order valence-electron chi connectivity index (χ2n) is 6.23. The maximum Gasteiger partial charge on any atom is 0.425 e. The van der Waals surface area contributed by atoms with Crippen LogP contribution in [0.4, 0.5) is 0 Å². The lowest BCUT2D eigenvalue weighted by atomic mass is 9.67. The number of carbonyl (C=O) groups is 1. The predicted molar refractivity (Wildman–Crippen MR) is 67.9 cm³/mol. The molecule has 0 spiro atoms. The van der Waals surface area contributed by atoms with Crippen LogP contribution in [0.15, 0.2) is 21.7 Å². The molecule has 0 unspecified atom stereocenters. The molecule has 3 rings (SSSR count). The van der Waals surface area contributed by atoms with Gasteiger partial charge in [0.15, 0.2) is 0 Å². The highest BCUT2D eigenvalue weighted by Crippen LogP contribution is 2.66. The minimum absolute atomic E-state index is 0.115. The van der Waals surface area contributed by atoms with Crippen LogP contribution in [0, 0.1) is 16.7 Å². The summed E-state index contributed by atoms with van der Waals surface area (Å²) in [4.78, 5) is 24.5. The molecule has 2 saturated carbocycles. The topological polar surface area (TPSA) is 61.4 Å².